The van der Waals surface area contributed by atoms with Gasteiger partial charge in [-0.3, -0.25) is 9.78 Å². The van der Waals surface area contributed by atoms with Crippen molar-refractivity contribution < 1.29 is 9.90 Å². The molecule has 1 heterocycles. The number of benzene rings is 1. The Labute approximate surface area is 140 Å². The lowest BCUT2D eigenvalue weighted by Gasteiger charge is -2.08. The van der Waals surface area contributed by atoms with Gasteiger partial charge < -0.3 is 15.7 Å². The monoisotopic (exact) mass is 333 g/mol. The average Bonchev–Trinajstić information content (AvgIpc) is 2.52. The second-order valence-corrected chi connectivity index (χ2v) is 5.69. The maximum atomic E-state index is 11.8. The normalized spacial score (nSPS) is 10.5. The fraction of sp³-hybridized carbons (Fsp3) is 0.294. The van der Waals surface area contributed by atoms with Gasteiger partial charge >= 0.3 is 0 Å². The Hall–Kier alpha value is -2.11. The summed E-state index contributed by atoms with van der Waals surface area (Å²) in [4.78, 5) is 16.1. The zero-order valence-electron chi connectivity index (χ0n) is 13.0. The molecule has 0 fully saturated rings. The third kappa shape index (κ3) is 5.88. The van der Waals surface area contributed by atoms with E-state index in [1.165, 1.54) is 0 Å². The van der Waals surface area contributed by atoms with E-state index in [4.69, 9.17) is 11.6 Å². The molecule has 0 saturated carbocycles. The molecule has 0 radical (unpaired) electrons. The number of hydrogen-bond acceptors (Lipinski definition) is 4. The minimum Gasteiger partial charge on any atom is -0.506 e. The third-order valence-corrected chi connectivity index (χ3v) is 3.52. The molecule has 0 aliphatic heterocycles. The number of amides is 1. The van der Waals surface area contributed by atoms with Crippen LogP contribution in [0.15, 0.2) is 36.4 Å². The third-order valence-electron chi connectivity index (χ3n) is 3.27. The van der Waals surface area contributed by atoms with E-state index in [9.17, 15) is 9.90 Å². The van der Waals surface area contributed by atoms with Gasteiger partial charge in [-0.2, -0.15) is 0 Å². The average molecular weight is 334 g/mol. The maximum absolute atomic E-state index is 11.8. The van der Waals surface area contributed by atoms with Gasteiger partial charge in [-0.25, -0.2) is 0 Å². The molecule has 1 amide bonds. The Balaban J connectivity index is 1.66. The molecule has 122 valence electrons. The van der Waals surface area contributed by atoms with Crippen molar-refractivity contribution in [2.24, 2.45) is 0 Å². The lowest BCUT2D eigenvalue weighted by molar-refractivity contribution is -0.116. The number of hydrogen-bond donors (Lipinski definition) is 3. The first-order chi connectivity index (χ1) is 11.0. The van der Waals surface area contributed by atoms with E-state index in [1.54, 1.807) is 36.4 Å². The predicted molar refractivity (Wildman–Crippen MR) is 91.7 cm³/mol. The van der Waals surface area contributed by atoms with Gasteiger partial charge in [0.15, 0.2) is 0 Å². The van der Waals surface area contributed by atoms with E-state index in [-0.39, 0.29) is 11.7 Å². The van der Waals surface area contributed by atoms with Crippen molar-refractivity contribution in [2.75, 3.05) is 11.9 Å². The second-order valence-electron chi connectivity index (χ2n) is 5.25. The summed E-state index contributed by atoms with van der Waals surface area (Å²) in [5.74, 6) is 0.147. The Bertz CT molecular complexity index is 659. The largest absolute Gasteiger partial charge is 0.506 e. The SMILES string of the molecule is Cc1ccc(O)c(CNCCCC(=O)Nc2ccc(Cl)cc2)n1. The van der Waals surface area contributed by atoms with Crippen molar-refractivity contribution in [3.8, 4) is 5.75 Å². The van der Waals surface area contributed by atoms with Crippen LogP contribution >= 0.6 is 11.6 Å². The quantitative estimate of drug-likeness (QED) is 0.680. The van der Waals surface area contributed by atoms with Crippen LogP contribution in [0, 0.1) is 6.92 Å². The number of aromatic nitrogens is 1. The van der Waals surface area contributed by atoms with Crippen LogP contribution in [0.4, 0.5) is 5.69 Å². The molecule has 23 heavy (non-hydrogen) atoms. The Kier molecular flexibility index (Phi) is 6.38. The zero-order chi connectivity index (χ0) is 16.7. The van der Waals surface area contributed by atoms with E-state index in [1.807, 2.05) is 6.92 Å². The molecule has 0 atom stereocenters. The Morgan fingerprint density at radius 3 is 2.70 bits per heavy atom. The van der Waals surface area contributed by atoms with Crippen LogP contribution in [-0.2, 0) is 11.3 Å². The van der Waals surface area contributed by atoms with Crippen LogP contribution in [0.2, 0.25) is 5.02 Å². The van der Waals surface area contributed by atoms with Crippen LogP contribution in [0.5, 0.6) is 5.75 Å². The fourth-order valence-electron chi connectivity index (χ4n) is 2.07. The van der Waals surface area contributed by atoms with E-state index >= 15 is 0 Å². The van der Waals surface area contributed by atoms with Gasteiger partial charge in [0.25, 0.3) is 0 Å². The molecule has 6 heteroatoms. The van der Waals surface area contributed by atoms with Crippen LogP contribution in [0.1, 0.15) is 24.2 Å². The Morgan fingerprint density at radius 1 is 1.22 bits per heavy atom. The highest BCUT2D eigenvalue weighted by Crippen LogP contribution is 2.15. The molecule has 0 unspecified atom stereocenters. The maximum Gasteiger partial charge on any atom is 0.224 e. The predicted octanol–water partition coefficient (Wildman–Crippen LogP) is 3.26. The molecule has 3 N–H and O–H groups in total. The first kappa shape index (κ1) is 17.2. The number of anilines is 1. The van der Waals surface area contributed by atoms with Crippen LogP contribution < -0.4 is 10.6 Å². The lowest BCUT2D eigenvalue weighted by atomic mass is 10.2. The summed E-state index contributed by atoms with van der Waals surface area (Å²) in [5, 5.41) is 16.3. The summed E-state index contributed by atoms with van der Waals surface area (Å²) < 4.78 is 0. The van der Waals surface area contributed by atoms with Gasteiger partial charge in [0.1, 0.15) is 5.75 Å². The van der Waals surface area contributed by atoms with E-state index in [0.29, 0.717) is 36.6 Å². The van der Waals surface area contributed by atoms with Crippen molar-refractivity contribution in [1.29, 1.82) is 0 Å². The smallest absolute Gasteiger partial charge is 0.224 e. The van der Waals surface area contributed by atoms with Crippen molar-refractivity contribution in [3.63, 3.8) is 0 Å². The molecule has 0 spiro atoms. The van der Waals surface area contributed by atoms with Gasteiger partial charge in [-0.1, -0.05) is 11.6 Å². The van der Waals surface area contributed by atoms with E-state index in [0.717, 1.165) is 11.4 Å². The van der Waals surface area contributed by atoms with E-state index < -0.39 is 0 Å². The Morgan fingerprint density at radius 2 is 1.96 bits per heavy atom. The number of nitrogens with zero attached hydrogens (tertiary/aromatic N) is 1. The number of rotatable bonds is 7. The van der Waals surface area contributed by atoms with Crippen molar-refractivity contribution >= 4 is 23.2 Å². The summed E-state index contributed by atoms with van der Waals surface area (Å²) in [6, 6.07) is 10.4. The molecule has 5 nitrogen and oxygen atoms in total. The van der Waals surface area contributed by atoms with Crippen LogP contribution in [0.25, 0.3) is 0 Å². The fourth-order valence-corrected chi connectivity index (χ4v) is 2.20. The highest BCUT2D eigenvalue weighted by atomic mass is 35.5. The first-order valence-corrected chi connectivity index (χ1v) is 7.84. The van der Waals surface area contributed by atoms with Crippen LogP contribution in [0.3, 0.4) is 0 Å². The number of aromatic hydroxyl groups is 1. The summed E-state index contributed by atoms with van der Waals surface area (Å²) in [7, 11) is 0. The minimum atomic E-state index is -0.0364. The second kappa shape index (κ2) is 8.50. The number of nitrogens with one attached hydrogen (secondary N) is 2. The number of pyridine rings is 1. The van der Waals surface area contributed by atoms with Gasteiger partial charge in [0.05, 0.1) is 5.69 Å². The first-order valence-electron chi connectivity index (χ1n) is 7.46. The molecule has 2 rings (SSSR count). The summed E-state index contributed by atoms with van der Waals surface area (Å²) in [5.41, 5.74) is 2.22. The lowest BCUT2D eigenvalue weighted by Crippen LogP contribution is -2.18. The molecule has 0 aliphatic rings. The van der Waals surface area contributed by atoms with Gasteiger partial charge in [0.2, 0.25) is 5.91 Å². The summed E-state index contributed by atoms with van der Waals surface area (Å²) >= 11 is 5.79. The minimum absolute atomic E-state index is 0.0364. The molecular weight excluding hydrogens is 314 g/mol. The molecule has 2 aromatic rings. The standard InChI is InChI=1S/C17H20ClN3O2/c1-12-4-9-16(22)15(20-12)11-19-10-2-3-17(23)21-14-7-5-13(18)6-8-14/h4-9,19,22H,2-3,10-11H2,1H3,(H,21,23). The number of carbonyl (C=O) groups excluding carboxylic acids is 1. The number of halogens is 1. The molecule has 0 bridgehead atoms. The summed E-state index contributed by atoms with van der Waals surface area (Å²) in [6.07, 6.45) is 1.12. The van der Waals surface area contributed by atoms with Gasteiger partial charge in [-0.05, 0) is 56.3 Å². The van der Waals surface area contributed by atoms with Crippen LogP contribution in [-0.4, -0.2) is 22.5 Å². The van der Waals surface area contributed by atoms with Crippen molar-refractivity contribution in [1.82, 2.24) is 10.3 Å². The van der Waals surface area contributed by atoms with Gasteiger partial charge in [0, 0.05) is 29.4 Å². The van der Waals surface area contributed by atoms with Crippen molar-refractivity contribution in [3.05, 3.63) is 52.8 Å². The molecule has 1 aromatic carbocycles. The molecule has 0 aliphatic carbocycles. The number of carbonyl (C=O) groups is 1. The highest BCUT2D eigenvalue weighted by molar-refractivity contribution is 6.30. The zero-order valence-corrected chi connectivity index (χ0v) is 13.7. The molecule has 0 saturated heterocycles. The number of aryl methyl sites for hydroxylation is 1. The van der Waals surface area contributed by atoms with Gasteiger partial charge in [-0.15, -0.1) is 0 Å². The highest BCUT2D eigenvalue weighted by Gasteiger charge is 2.04. The summed E-state index contributed by atoms with van der Waals surface area (Å²) in [6.45, 7) is 3.03. The van der Waals surface area contributed by atoms with E-state index in [2.05, 4.69) is 15.6 Å². The molecular formula is C17H20ClN3O2. The molecule has 1 aromatic heterocycles. The van der Waals surface area contributed by atoms with Crippen molar-refractivity contribution in [2.45, 2.75) is 26.3 Å². The topological polar surface area (TPSA) is 74.2 Å².